The number of hydrogen-bond donors (Lipinski definition) is 1. The van der Waals surface area contributed by atoms with Crippen LogP contribution in [-0.2, 0) is 6.54 Å². The fraction of sp³-hybridized carbons (Fsp3) is 0.846. The molecule has 0 aromatic carbocycles. The predicted octanol–water partition coefficient (Wildman–Crippen LogP) is 3.87. The van der Waals surface area contributed by atoms with Crippen molar-refractivity contribution in [2.45, 2.75) is 57.7 Å². The van der Waals surface area contributed by atoms with Gasteiger partial charge in [0.25, 0.3) is 0 Å². The molecule has 2 atom stereocenters. The SMILES string of the molecule is CCCNCc1nnc(C2CCCCC2C(F)(F)F)s1. The van der Waals surface area contributed by atoms with Crippen molar-refractivity contribution < 1.29 is 13.2 Å². The molecule has 1 aliphatic rings. The van der Waals surface area contributed by atoms with Gasteiger partial charge < -0.3 is 5.32 Å². The summed E-state index contributed by atoms with van der Waals surface area (Å²) in [6.07, 6.45) is -0.815. The molecular formula is C13H20F3N3S. The molecule has 3 nitrogen and oxygen atoms in total. The van der Waals surface area contributed by atoms with Gasteiger partial charge >= 0.3 is 6.18 Å². The van der Waals surface area contributed by atoms with Crippen LogP contribution in [0.3, 0.4) is 0 Å². The lowest BCUT2D eigenvalue weighted by atomic mass is 9.79. The highest BCUT2D eigenvalue weighted by Crippen LogP contribution is 2.46. The van der Waals surface area contributed by atoms with Crippen LogP contribution in [0.2, 0.25) is 0 Å². The Morgan fingerprint density at radius 2 is 2.00 bits per heavy atom. The number of alkyl halides is 3. The fourth-order valence-electron chi connectivity index (χ4n) is 2.68. The molecule has 1 aliphatic carbocycles. The van der Waals surface area contributed by atoms with Gasteiger partial charge in [-0.25, -0.2) is 0 Å². The Bertz CT molecular complexity index is 419. The Kier molecular flexibility index (Phi) is 5.37. The van der Waals surface area contributed by atoms with Gasteiger partial charge in [0.2, 0.25) is 0 Å². The molecule has 0 radical (unpaired) electrons. The Labute approximate surface area is 121 Å². The molecule has 114 valence electrons. The summed E-state index contributed by atoms with van der Waals surface area (Å²) in [7, 11) is 0. The first kappa shape index (κ1) is 15.7. The van der Waals surface area contributed by atoms with Crippen molar-refractivity contribution >= 4 is 11.3 Å². The first-order chi connectivity index (χ1) is 9.52. The minimum Gasteiger partial charge on any atom is -0.310 e. The topological polar surface area (TPSA) is 37.8 Å². The number of nitrogens with one attached hydrogen (secondary N) is 1. The van der Waals surface area contributed by atoms with Crippen LogP contribution in [0.4, 0.5) is 13.2 Å². The summed E-state index contributed by atoms with van der Waals surface area (Å²) in [4.78, 5) is 0. The van der Waals surface area contributed by atoms with Crippen LogP contribution in [0.15, 0.2) is 0 Å². The van der Waals surface area contributed by atoms with Gasteiger partial charge in [0.1, 0.15) is 10.0 Å². The first-order valence-corrected chi connectivity index (χ1v) is 7.93. The Hall–Kier alpha value is -0.690. The average Bonchev–Trinajstić information content (AvgIpc) is 2.87. The van der Waals surface area contributed by atoms with E-state index in [1.54, 1.807) is 0 Å². The maximum Gasteiger partial charge on any atom is 0.392 e. The molecule has 0 aliphatic heterocycles. The van der Waals surface area contributed by atoms with Crippen molar-refractivity contribution in [1.82, 2.24) is 15.5 Å². The third-order valence-corrected chi connectivity index (χ3v) is 4.74. The monoisotopic (exact) mass is 307 g/mol. The highest BCUT2D eigenvalue weighted by molar-refractivity contribution is 7.11. The number of halogens is 3. The van der Waals surface area contributed by atoms with Gasteiger partial charge in [-0.2, -0.15) is 13.2 Å². The van der Waals surface area contributed by atoms with Crippen LogP contribution in [0.5, 0.6) is 0 Å². The average molecular weight is 307 g/mol. The van der Waals surface area contributed by atoms with Crippen molar-refractivity contribution in [2.24, 2.45) is 5.92 Å². The second-order valence-electron chi connectivity index (χ2n) is 5.25. The summed E-state index contributed by atoms with van der Waals surface area (Å²) in [5.41, 5.74) is 0. The molecule has 20 heavy (non-hydrogen) atoms. The highest BCUT2D eigenvalue weighted by Gasteiger charge is 2.47. The zero-order valence-electron chi connectivity index (χ0n) is 11.5. The largest absolute Gasteiger partial charge is 0.392 e. The Morgan fingerprint density at radius 3 is 2.70 bits per heavy atom. The molecular weight excluding hydrogens is 287 g/mol. The van der Waals surface area contributed by atoms with Crippen molar-refractivity contribution in [1.29, 1.82) is 0 Å². The van der Waals surface area contributed by atoms with E-state index in [1.165, 1.54) is 11.3 Å². The summed E-state index contributed by atoms with van der Waals surface area (Å²) in [6, 6.07) is 0. The predicted molar refractivity (Wildman–Crippen MR) is 72.7 cm³/mol. The lowest BCUT2D eigenvalue weighted by molar-refractivity contribution is -0.187. The summed E-state index contributed by atoms with van der Waals surface area (Å²) >= 11 is 1.32. The molecule has 7 heteroatoms. The second kappa shape index (κ2) is 6.85. The lowest BCUT2D eigenvalue weighted by Gasteiger charge is -2.31. The van der Waals surface area contributed by atoms with E-state index >= 15 is 0 Å². The van der Waals surface area contributed by atoms with Crippen LogP contribution in [0.1, 0.15) is 55.0 Å². The molecule has 2 unspecified atom stereocenters. The smallest absolute Gasteiger partial charge is 0.310 e. The van der Waals surface area contributed by atoms with Crippen LogP contribution in [0.25, 0.3) is 0 Å². The Balaban J connectivity index is 2.05. The third-order valence-electron chi connectivity index (χ3n) is 3.69. The number of rotatable bonds is 5. The van der Waals surface area contributed by atoms with Crippen molar-refractivity contribution in [2.75, 3.05) is 6.54 Å². The van der Waals surface area contributed by atoms with Crippen molar-refractivity contribution in [3.8, 4) is 0 Å². The van der Waals surface area contributed by atoms with E-state index < -0.39 is 18.0 Å². The van der Waals surface area contributed by atoms with Crippen LogP contribution < -0.4 is 5.32 Å². The van der Waals surface area contributed by atoms with E-state index in [0.29, 0.717) is 24.4 Å². The van der Waals surface area contributed by atoms with E-state index in [0.717, 1.165) is 24.4 Å². The van der Waals surface area contributed by atoms with E-state index in [-0.39, 0.29) is 6.42 Å². The fourth-order valence-corrected chi connectivity index (χ4v) is 3.69. The van der Waals surface area contributed by atoms with Gasteiger partial charge in [-0.1, -0.05) is 31.1 Å². The number of aromatic nitrogens is 2. The molecule has 1 heterocycles. The van der Waals surface area contributed by atoms with Crippen molar-refractivity contribution in [3.05, 3.63) is 10.0 Å². The van der Waals surface area contributed by atoms with Gasteiger partial charge in [-0.05, 0) is 25.8 Å². The molecule has 2 rings (SSSR count). The molecule has 0 saturated heterocycles. The van der Waals surface area contributed by atoms with Crippen molar-refractivity contribution in [3.63, 3.8) is 0 Å². The van der Waals surface area contributed by atoms with Gasteiger partial charge in [0, 0.05) is 12.5 Å². The van der Waals surface area contributed by atoms with E-state index in [1.807, 2.05) is 0 Å². The molecule has 0 spiro atoms. The van der Waals surface area contributed by atoms with Gasteiger partial charge in [-0.15, -0.1) is 10.2 Å². The van der Waals surface area contributed by atoms with Gasteiger partial charge in [-0.3, -0.25) is 0 Å². The van der Waals surface area contributed by atoms with Gasteiger partial charge in [0.15, 0.2) is 0 Å². The Morgan fingerprint density at radius 1 is 1.25 bits per heavy atom. The maximum atomic E-state index is 13.1. The minimum absolute atomic E-state index is 0.219. The maximum absolute atomic E-state index is 13.1. The molecule has 1 fully saturated rings. The normalized spacial score (nSPS) is 24.0. The summed E-state index contributed by atoms with van der Waals surface area (Å²) in [5, 5.41) is 12.6. The number of hydrogen-bond acceptors (Lipinski definition) is 4. The number of nitrogens with zero attached hydrogens (tertiary/aromatic N) is 2. The quantitative estimate of drug-likeness (QED) is 0.839. The lowest BCUT2D eigenvalue weighted by Crippen LogP contribution is -2.31. The first-order valence-electron chi connectivity index (χ1n) is 7.12. The third kappa shape index (κ3) is 3.91. The molecule has 1 aromatic rings. The van der Waals surface area contributed by atoms with Crippen LogP contribution in [-0.4, -0.2) is 22.9 Å². The molecule has 0 bridgehead atoms. The summed E-state index contributed by atoms with van der Waals surface area (Å²) in [6.45, 7) is 3.53. The van der Waals surface area contributed by atoms with Crippen LogP contribution >= 0.6 is 11.3 Å². The zero-order valence-corrected chi connectivity index (χ0v) is 12.4. The van der Waals surface area contributed by atoms with E-state index in [4.69, 9.17) is 0 Å². The molecule has 1 saturated carbocycles. The molecule has 0 amide bonds. The summed E-state index contributed by atoms with van der Waals surface area (Å²) < 4.78 is 39.2. The second-order valence-corrected chi connectivity index (χ2v) is 6.34. The van der Waals surface area contributed by atoms with Crippen LogP contribution in [0, 0.1) is 5.92 Å². The zero-order chi connectivity index (χ0) is 14.6. The van der Waals surface area contributed by atoms with Gasteiger partial charge in [0.05, 0.1) is 5.92 Å². The molecule has 1 aromatic heterocycles. The summed E-state index contributed by atoms with van der Waals surface area (Å²) in [5.74, 6) is -1.75. The minimum atomic E-state index is -4.13. The van der Waals surface area contributed by atoms with E-state index in [9.17, 15) is 13.2 Å². The van der Waals surface area contributed by atoms with E-state index in [2.05, 4.69) is 22.4 Å². The molecule has 1 N–H and O–H groups in total. The standard InChI is InChI=1S/C13H20F3N3S/c1-2-7-17-8-11-18-19-12(20-11)9-5-3-4-6-10(9)13(14,15)16/h9-10,17H,2-8H2,1H3. The highest BCUT2D eigenvalue weighted by atomic mass is 32.1.